The van der Waals surface area contributed by atoms with Gasteiger partial charge in [0.25, 0.3) is 0 Å². The van der Waals surface area contributed by atoms with Crippen molar-refractivity contribution in [2.24, 2.45) is 4.99 Å². The van der Waals surface area contributed by atoms with Gasteiger partial charge in [-0.25, -0.2) is 0 Å². The number of rotatable bonds is 5. The van der Waals surface area contributed by atoms with Crippen LogP contribution in [-0.2, 0) is 13.0 Å². The molecule has 0 aliphatic carbocycles. The molecule has 1 heterocycles. The van der Waals surface area contributed by atoms with Crippen LogP contribution in [0.15, 0.2) is 65.7 Å². The van der Waals surface area contributed by atoms with Gasteiger partial charge < -0.3 is 19.7 Å². The molecule has 2 N–H and O–H groups in total. The number of fused-ring (bicyclic) bond motifs is 1. The third kappa shape index (κ3) is 4.05. The summed E-state index contributed by atoms with van der Waals surface area (Å²) >= 11 is 5.98. The number of hydrogen-bond acceptors (Lipinski definition) is 5. The van der Waals surface area contributed by atoms with Gasteiger partial charge in [-0.3, -0.25) is 4.99 Å². The Morgan fingerprint density at radius 3 is 2.43 bits per heavy atom. The van der Waals surface area contributed by atoms with Crippen LogP contribution in [0, 0.1) is 0 Å². The van der Waals surface area contributed by atoms with Gasteiger partial charge in [-0.15, -0.1) is 0 Å². The topological polar surface area (TPSA) is 71.3 Å². The van der Waals surface area contributed by atoms with E-state index in [4.69, 9.17) is 26.1 Å². The second-order valence-electron chi connectivity index (χ2n) is 6.46. The minimum absolute atomic E-state index is 0.00265. The zero-order valence-corrected chi connectivity index (χ0v) is 15.7. The minimum atomic E-state index is -0.0154. The van der Waals surface area contributed by atoms with Gasteiger partial charge in [0.1, 0.15) is 11.5 Å². The number of phenolic OH excluding ortho intramolecular Hbond substituents is 2. The molecule has 1 aliphatic heterocycles. The third-order valence-corrected chi connectivity index (χ3v) is 4.72. The summed E-state index contributed by atoms with van der Waals surface area (Å²) in [5, 5.41) is 20.6. The molecule has 0 spiro atoms. The van der Waals surface area contributed by atoms with Crippen LogP contribution in [0.5, 0.6) is 23.0 Å². The quantitative estimate of drug-likeness (QED) is 0.613. The van der Waals surface area contributed by atoms with Gasteiger partial charge >= 0.3 is 0 Å². The van der Waals surface area contributed by atoms with Crippen molar-refractivity contribution in [2.75, 3.05) is 6.79 Å². The summed E-state index contributed by atoms with van der Waals surface area (Å²) in [5.41, 5.74) is 3.27. The Morgan fingerprint density at radius 2 is 1.64 bits per heavy atom. The summed E-state index contributed by atoms with van der Waals surface area (Å²) in [6.07, 6.45) is 0.514. The second kappa shape index (κ2) is 7.82. The number of halogens is 1. The first-order valence-electron chi connectivity index (χ1n) is 8.77. The number of phenols is 2. The molecule has 0 aromatic heterocycles. The van der Waals surface area contributed by atoms with Crippen molar-refractivity contribution in [2.45, 2.75) is 13.0 Å². The minimum Gasteiger partial charge on any atom is -0.508 e. The van der Waals surface area contributed by atoms with E-state index >= 15 is 0 Å². The van der Waals surface area contributed by atoms with Crippen LogP contribution in [0.4, 0.5) is 0 Å². The lowest BCUT2D eigenvalue weighted by Gasteiger charge is -2.11. The van der Waals surface area contributed by atoms with Crippen molar-refractivity contribution in [3.05, 3.63) is 82.4 Å². The molecule has 0 fully saturated rings. The van der Waals surface area contributed by atoms with Crippen LogP contribution in [-0.4, -0.2) is 22.7 Å². The summed E-state index contributed by atoms with van der Waals surface area (Å²) in [5.74, 6) is 1.42. The maximum absolute atomic E-state index is 10.3. The smallest absolute Gasteiger partial charge is 0.231 e. The van der Waals surface area contributed by atoms with Crippen LogP contribution in [0.2, 0.25) is 5.02 Å². The highest BCUT2D eigenvalue weighted by atomic mass is 35.5. The number of aromatic hydroxyl groups is 2. The molecule has 1 aliphatic rings. The summed E-state index contributed by atoms with van der Waals surface area (Å²) < 4.78 is 10.8. The molecule has 28 heavy (non-hydrogen) atoms. The number of ether oxygens (including phenoxy) is 2. The fraction of sp³-hybridized carbons (Fsp3) is 0.136. The average molecular weight is 396 g/mol. The first-order chi connectivity index (χ1) is 13.6. The van der Waals surface area contributed by atoms with Crippen molar-refractivity contribution in [3.63, 3.8) is 0 Å². The summed E-state index contributed by atoms with van der Waals surface area (Å²) in [4.78, 5) is 4.74. The standard InChI is InChI=1S/C22H18ClNO4/c23-16-4-1-14(2-5-16)9-19(18-7-6-17(25)11-20(18)26)24-12-15-3-8-21-22(10-15)28-13-27-21/h1-8,10-11,25-26H,9,12-13H2. The highest BCUT2D eigenvalue weighted by Crippen LogP contribution is 2.33. The van der Waals surface area contributed by atoms with Crippen molar-refractivity contribution in [1.29, 1.82) is 0 Å². The molecule has 4 rings (SSSR count). The highest BCUT2D eigenvalue weighted by Gasteiger charge is 2.14. The molecule has 0 unspecified atom stereocenters. The molecule has 6 heteroatoms. The van der Waals surface area contributed by atoms with E-state index in [0.29, 0.717) is 35.0 Å². The van der Waals surface area contributed by atoms with Crippen LogP contribution in [0.3, 0.4) is 0 Å². The van der Waals surface area contributed by atoms with Crippen molar-refractivity contribution >= 4 is 17.3 Å². The van der Waals surface area contributed by atoms with E-state index in [9.17, 15) is 10.2 Å². The van der Waals surface area contributed by atoms with Gasteiger partial charge in [0, 0.05) is 23.1 Å². The van der Waals surface area contributed by atoms with Crippen LogP contribution in [0.25, 0.3) is 0 Å². The predicted octanol–water partition coefficient (Wildman–Crippen LogP) is 4.71. The van der Waals surface area contributed by atoms with Gasteiger partial charge in [-0.05, 0) is 47.5 Å². The van der Waals surface area contributed by atoms with Crippen molar-refractivity contribution in [1.82, 2.24) is 0 Å². The normalized spacial score (nSPS) is 13.0. The Kier molecular flexibility index (Phi) is 5.08. The third-order valence-electron chi connectivity index (χ3n) is 4.47. The Bertz CT molecular complexity index is 1030. The number of hydrogen-bond donors (Lipinski definition) is 2. The maximum Gasteiger partial charge on any atom is 0.231 e. The number of aliphatic imine (C=N–C) groups is 1. The second-order valence-corrected chi connectivity index (χ2v) is 6.89. The largest absolute Gasteiger partial charge is 0.508 e. The zero-order chi connectivity index (χ0) is 19.5. The molecule has 0 saturated carbocycles. The molecular formula is C22H18ClNO4. The number of nitrogens with zero attached hydrogens (tertiary/aromatic N) is 1. The Hall–Kier alpha value is -3.18. The lowest BCUT2D eigenvalue weighted by atomic mass is 10.0. The lowest BCUT2D eigenvalue weighted by molar-refractivity contribution is 0.174. The van der Waals surface area contributed by atoms with E-state index in [1.165, 1.54) is 12.1 Å². The Morgan fingerprint density at radius 1 is 0.893 bits per heavy atom. The van der Waals surface area contributed by atoms with Crippen LogP contribution < -0.4 is 9.47 Å². The molecule has 0 atom stereocenters. The average Bonchev–Trinajstić information content (AvgIpc) is 3.15. The zero-order valence-electron chi connectivity index (χ0n) is 14.9. The summed E-state index contributed by atoms with van der Waals surface area (Å²) in [7, 11) is 0. The van der Waals surface area contributed by atoms with E-state index in [1.54, 1.807) is 6.07 Å². The lowest BCUT2D eigenvalue weighted by Crippen LogP contribution is -2.07. The van der Waals surface area contributed by atoms with Crippen molar-refractivity contribution in [3.8, 4) is 23.0 Å². The first-order valence-corrected chi connectivity index (χ1v) is 9.15. The van der Waals surface area contributed by atoms with Gasteiger partial charge in [0.15, 0.2) is 11.5 Å². The van der Waals surface area contributed by atoms with Gasteiger partial charge in [-0.1, -0.05) is 29.8 Å². The molecule has 0 saturated heterocycles. The van der Waals surface area contributed by atoms with E-state index < -0.39 is 0 Å². The van der Waals surface area contributed by atoms with E-state index in [0.717, 1.165) is 16.9 Å². The van der Waals surface area contributed by atoms with E-state index in [1.807, 2.05) is 42.5 Å². The fourth-order valence-electron chi connectivity index (χ4n) is 3.02. The maximum atomic E-state index is 10.3. The SMILES string of the molecule is Oc1ccc(C(Cc2ccc(Cl)cc2)=NCc2ccc3c(c2)OCO3)c(O)c1. The van der Waals surface area contributed by atoms with Crippen molar-refractivity contribution < 1.29 is 19.7 Å². The predicted molar refractivity (Wildman–Crippen MR) is 108 cm³/mol. The highest BCUT2D eigenvalue weighted by molar-refractivity contribution is 6.30. The molecule has 0 bridgehead atoms. The molecular weight excluding hydrogens is 378 g/mol. The summed E-state index contributed by atoms with van der Waals surface area (Å²) in [6, 6.07) is 17.7. The Labute approximate surface area is 167 Å². The van der Waals surface area contributed by atoms with Gasteiger partial charge in [-0.2, -0.15) is 0 Å². The van der Waals surface area contributed by atoms with E-state index in [2.05, 4.69) is 0 Å². The molecule has 3 aromatic rings. The Balaban J connectivity index is 1.65. The van der Waals surface area contributed by atoms with E-state index in [-0.39, 0.29) is 18.3 Å². The molecule has 0 amide bonds. The first kappa shape index (κ1) is 18.2. The summed E-state index contributed by atoms with van der Waals surface area (Å²) in [6.45, 7) is 0.644. The number of benzene rings is 3. The van der Waals surface area contributed by atoms with Crippen LogP contribution in [0.1, 0.15) is 16.7 Å². The molecule has 3 aromatic carbocycles. The van der Waals surface area contributed by atoms with Gasteiger partial charge in [0.05, 0.1) is 12.3 Å². The molecule has 0 radical (unpaired) electrons. The monoisotopic (exact) mass is 395 g/mol. The fourth-order valence-corrected chi connectivity index (χ4v) is 3.15. The van der Waals surface area contributed by atoms with Crippen LogP contribution >= 0.6 is 11.6 Å². The molecule has 142 valence electrons. The molecule has 5 nitrogen and oxygen atoms in total. The van der Waals surface area contributed by atoms with Gasteiger partial charge in [0.2, 0.25) is 6.79 Å².